The molecule has 16 heavy (non-hydrogen) atoms. The Balaban J connectivity index is 2.32. The van der Waals surface area contributed by atoms with Crippen LogP contribution in [0.25, 0.3) is 0 Å². The van der Waals surface area contributed by atoms with E-state index in [2.05, 4.69) is 11.6 Å². The summed E-state index contributed by atoms with van der Waals surface area (Å²) in [6.45, 7) is 8.59. The first kappa shape index (κ1) is 12.5. The summed E-state index contributed by atoms with van der Waals surface area (Å²) in [5.41, 5.74) is 2.37. The molecule has 86 valence electrons. The monoisotopic (exact) mass is 217 g/mol. The van der Waals surface area contributed by atoms with Gasteiger partial charge in [-0.05, 0) is 37.6 Å². The smallest absolute Gasteiger partial charge is 0.0957 e. The number of rotatable bonds is 6. The predicted molar refractivity (Wildman–Crippen MR) is 67.1 cm³/mol. The molecule has 0 aliphatic carbocycles. The first-order valence-corrected chi connectivity index (χ1v) is 5.53. The minimum Gasteiger partial charge on any atom is -0.498 e. The molecular formula is C14H19NO. The third-order valence-corrected chi connectivity index (χ3v) is 2.23. The number of aromatic nitrogens is 1. The zero-order valence-corrected chi connectivity index (χ0v) is 10.1. The zero-order valence-electron chi connectivity index (χ0n) is 10.1. The van der Waals surface area contributed by atoms with Crippen molar-refractivity contribution in [3.8, 4) is 0 Å². The van der Waals surface area contributed by atoms with Gasteiger partial charge in [0.25, 0.3) is 0 Å². The van der Waals surface area contributed by atoms with Crippen LogP contribution in [0.3, 0.4) is 0 Å². The second kappa shape index (κ2) is 6.83. The standard InChI is InChI=1S/C14H19NO/c1-4-14(11-12(2)3)16-10-7-13-5-8-15-9-6-13/h4-6,8-9H,2,7,10-11H2,1,3H3. The Kier molecular flexibility index (Phi) is 5.34. The van der Waals surface area contributed by atoms with E-state index in [1.165, 1.54) is 5.56 Å². The number of allylic oxidation sites excluding steroid dienone is 2. The third kappa shape index (κ3) is 4.78. The van der Waals surface area contributed by atoms with Gasteiger partial charge in [0.2, 0.25) is 0 Å². The predicted octanol–water partition coefficient (Wildman–Crippen LogP) is 3.51. The number of ether oxygens (including phenoxy) is 1. The highest BCUT2D eigenvalue weighted by molar-refractivity contribution is 5.10. The van der Waals surface area contributed by atoms with Gasteiger partial charge in [-0.25, -0.2) is 0 Å². The largest absolute Gasteiger partial charge is 0.498 e. The van der Waals surface area contributed by atoms with E-state index in [-0.39, 0.29) is 0 Å². The highest BCUT2D eigenvalue weighted by Gasteiger charge is 1.98. The minimum atomic E-state index is 0.705. The molecule has 0 atom stereocenters. The van der Waals surface area contributed by atoms with Gasteiger partial charge < -0.3 is 4.74 Å². The molecule has 1 aromatic rings. The Bertz CT molecular complexity index is 354. The number of hydrogen-bond donors (Lipinski definition) is 0. The first-order chi connectivity index (χ1) is 7.72. The Labute approximate surface area is 97.7 Å². The summed E-state index contributed by atoms with van der Waals surface area (Å²) in [5.74, 6) is 1.00. The van der Waals surface area contributed by atoms with Crippen molar-refractivity contribution in [2.75, 3.05) is 6.61 Å². The molecule has 2 heteroatoms. The lowest BCUT2D eigenvalue weighted by atomic mass is 10.2. The van der Waals surface area contributed by atoms with Crippen molar-refractivity contribution in [3.05, 3.63) is 54.1 Å². The fraction of sp³-hybridized carbons (Fsp3) is 0.357. The molecule has 0 N–H and O–H groups in total. The molecule has 1 heterocycles. The second-order valence-corrected chi connectivity index (χ2v) is 3.84. The third-order valence-electron chi connectivity index (χ3n) is 2.23. The summed E-state index contributed by atoms with van der Waals surface area (Å²) >= 11 is 0. The van der Waals surface area contributed by atoms with E-state index in [4.69, 9.17) is 4.74 Å². The molecule has 1 rings (SSSR count). The second-order valence-electron chi connectivity index (χ2n) is 3.84. The first-order valence-electron chi connectivity index (χ1n) is 5.53. The van der Waals surface area contributed by atoms with Crippen LogP contribution in [-0.4, -0.2) is 11.6 Å². The van der Waals surface area contributed by atoms with Crippen molar-refractivity contribution in [2.24, 2.45) is 0 Å². The molecule has 0 radical (unpaired) electrons. The zero-order chi connectivity index (χ0) is 11.8. The average molecular weight is 217 g/mol. The molecule has 0 spiro atoms. The summed E-state index contributed by atoms with van der Waals surface area (Å²) in [6, 6.07) is 4.02. The summed E-state index contributed by atoms with van der Waals surface area (Å²) in [4.78, 5) is 3.98. The average Bonchev–Trinajstić information content (AvgIpc) is 2.28. The Morgan fingerprint density at radius 1 is 1.44 bits per heavy atom. The van der Waals surface area contributed by atoms with Crippen LogP contribution in [-0.2, 0) is 11.2 Å². The van der Waals surface area contributed by atoms with Crippen molar-refractivity contribution >= 4 is 0 Å². The SMILES string of the molecule is C=C(C)CC(=CC)OCCc1ccncc1. The molecule has 0 aliphatic rings. The van der Waals surface area contributed by atoms with Crippen molar-refractivity contribution in [1.82, 2.24) is 4.98 Å². The van der Waals surface area contributed by atoms with Crippen LogP contribution in [0.5, 0.6) is 0 Å². The number of hydrogen-bond acceptors (Lipinski definition) is 2. The van der Waals surface area contributed by atoms with E-state index in [1.807, 2.05) is 32.1 Å². The molecule has 0 fully saturated rings. The van der Waals surface area contributed by atoms with E-state index >= 15 is 0 Å². The lowest BCUT2D eigenvalue weighted by Crippen LogP contribution is -1.99. The van der Waals surface area contributed by atoms with Gasteiger partial charge in [0.05, 0.1) is 12.4 Å². The van der Waals surface area contributed by atoms with E-state index in [9.17, 15) is 0 Å². The topological polar surface area (TPSA) is 22.1 Å². The van der Waals surface area contributed by atoms with Gasteiger partial charge >= 0.3 is 0 Å². The van der Waals surface area contributed by atoms with Crippen LogP contribution < -0.4 is 0 Å². The fourth-order valence-corrected chi connectivity index (χ4v) is 1.38. The van der Waals surface area contributed by atoms with Gasteiger partial charge in [-0.15, -0.1) is 0 Å². The number of nitrogens with zero attached hydrogens (tertiary/aromatic N) is 1. The highest BCUT2D eigenvalue weighted by Crippen LogP contribution is 2.10. The lowest BCUT2D eigenvalue weighted by molar-refractivity contribution is 0.209. The van der Waals surface area contributed by atoms with Gasteiger partial charge in [0.1, 0.15) is 0 Å². The maximum atomic E-state index is 5.69. The van der Waals surface area contributed by atoms with E-state index in [0.29, 0.717) is 6.61 Å². The molecule has 0 bridgehead atoms. The number of pyridine rings is 1. The molecular weight excluding hydrogens is 198 g/mol. The van der Waals surface area contributed by atoms with Gasteiger partial charge in [-0.1, -0.05) is 12.2 Å². The highest BCUT2D eigenvalue weighted by atomic mass is 16.5. The summed E-state index contributed by atoms with van der Waals surface area (Å²) in [7, 11) is 0. The van der Waals surface area contributed by atoms with E-state index in [0.717, 1.165) is 24.2 Å². The molecule has 0 unspecified atom stereocenters. The molecule has 0 aromatic carbocycles. The van der Waals surface area contributed by atoms with Crippen molar-refractivity contribution in [1.29, 1.82) is 0 Å². The van der Waals surface area contributed by atoms with Crippen molar-refractivity contribution < 1.29 is 4.74 Å². The van der Waals surface area contributed by atoms with Crippen LogP contribution in [0.4, 0.5) is 0 Å². The van der Waals surface area contributed by atoms with Crippen LogP contribution in [0.15, 0.2) is 48.5 Å². The molecule has 0 amide bonds. The molecule has 2 nitrogen and oxygen atoms in total. The minimum absolute atomic E-state index is 0.705. The van der Waals surface area contributed by atoms with Gasteiger partial charge in [-0.3, -0.25) is 4.98 Å². The molecule has 0 saturated carbocycles. The quantitative estimate of drug-likeness (QED) is 0.537. The summed E-state index contributed by atoms with van der Waals surface area (Å²) in [6.07, 6.45) is 7.35. The Morgan fingerprint density at radius 2 is 2.12 bits per heavy atom. The van der Waals surface area contributed by atoms with Crippen LogP contribution >= 0.6 is 0 Å². The molecule has 0 aliphatic heterocycles. The van der Waals surface area contributed by atoms with E-state index in [1.54, 1.807) is 12.4 Å². The normalized spacial score (nSPS) is 11.2. The molecule has 1 aromatic heterocycles. The van der Waals surface area contributed by atoms with Crippen molar-refractivity contribution in [3.63, 3.8) is 0 Å². The van der Waals surface area contributed by atoms with Crippen LogP contribution in [0.1, 0.15) is 25.8 Å². The summed E-state index contributed by atoms with van der Waals surface area (Å²) in [5, 5.41) is 0. The van der Waals surface area contributed by atoms with Gasteiger partial charge in [0, 0.05) is 25.2 Å². The van der Waals surface area contributed by atoms with Gasteiger partial charge in [-0.2, -0.15) is 0 Å². The lowest BCUT2D eigenvalue weighted by Gasteiger charge is -2.10. The van der Waals surface area contributed by atoms with E-state index < -0.39 is 0 Å². The molecule has 0 saturated heterocycles. The van der Waals surface area contributed by atoms with Crippen LogP contribution in [0, 0.1) is 0 Å². The maximum absolute atomic E-state index is 5.69. The van der Waals surface area contributed by atoms with Crippen molar-refractivity contribution in [2.45, 2.75) is 26.7 Å². The Morgan fingerprint density at radius 3 is 2.69 bits per heavy atom. The Hall–Kier alpha value is -1.57. The maximum Gasteiger partial charge on any atom is 0.0957 e. The fourth-order valence-electron chi connectivity index (χ4n) is 1.38. The summed E-state index contributed by atoms with van der Waals surface area (Å²) < 4.78 is 5.69. The van der Waals surface area contributed by atoms with Crippen LogP contribution in [0.2, 0.25) is 0 Å². The van der Waals surface area contributed by atoms with Gasteiger partial charge in [0.15, 0.2) is 0 Å².